The molecule has 250 valence electrons. The summed E-state index contributed by atoms with van der Waals surface area (Å²) in [5.41, 5.74) is 5.88. The number of guanidine groups is 1. The highest BCUT2D eigenvalue weighted by Crippen LogP contribution is 2.13. The Morgan fingerprint density at radius 2 is 1.46 bits per heavy atom. The first kappa shape index (κ1) is 36.8. The van der Waals surface area contributed by atoms with Crippen molar-refractivity contribution >= 4 is 29.8 Å². The van der Waals surface area contributed by atoms with Crippen LogP contribution in [0.3, 0.4) is 0 Å². The molecule has 0 aliphatic heterocycles. The van der Waals surface area contributed by atoms with Crippen LogP contribution >= 0.6 is 0 Å². The first-order chi connectivity index (χ1) is 21.7. The number of nitro groups is 1. The number of esters is 1. The Bertz CT molecular complexity index is 1360. The van der Waals surface area contributed by atoms with Crippen molar-refractivity contribution in [1.29, 1.82) is 0 Å². The molecule has 0 radical (unpaired) electrons. The number of ether oxygens (including phenoxy) is 2. The lowest BCUT2D eigenvalue weighted by Gasteiger charge is -2.26. The number of hydrogen-bond donors (Lipinski definition) is 6. The number of nitrogens with zero attached hydrogens (tertiary/aromatic N) is 2. The Hall–Kier alpha value is -5.41. The third-order valence-electron chi connectivity index (χ3n) is 6.27. The highest BCUT2D eigenvalue weighted by atomic mass is 16.7. The molecule has 0 saturated carbocycles. The molecule has 16 nitrogen and oxygen atoms in total. The summed E-state index contributed by atoms with van der Waals surface area (Å²) in [6.45, 7) is 5.12. The van der Waals surface area contributed by atoms with Gasteiger partial charge in [-0.2, -0.15) is 0 Å². The summed E-state index contributed by atoms with van der Waals surface area (Å²) in [5, 5.41) is 32.5. The minimum atomic E-state index is -1.19. The minimum absolute atomic E-state index is 0.00565. The van der Waals surface area contributed by atoms with E-state index in [2.05, 4.69) is 26.4 Å². The van der Waals surface area contributed by atoms with Gasteiger partial charge in [-0.1, -0.05) is 42.5 Å². The number of carbonyl (C=O) groups is 4. The summed E-state index contributed by atoms with van der Waals surface area (Å²) in [6.07, 6.45) is -0.504. The number of carbonyl (C=O) groups excluding carboxylic acids is 4. The Morgan fingerprint density at radius 3 is 2.00 bits per heavy atom. The number of nitrogens with two attached hydrogens (primary N) is 1. The molecule has 2 aromatic rings. The largest absolute Gasteiger partial charge is 0.508 e. The third-order valence-corrected chi connectivity index (χ3v) is 6.27. The Labute approximate surface area is 266 Å². The fourth-order valence-corrected chi connectivity index (χ4v) is 4.17. The molecule has 0 aliphatic carbocycles. The fourth-order valence-electron chi connectivity index (χ4n) is 4.17. The van der Waals surface area contributed by atoms with Gasteiger partial charge in [0, 0.05) is 19.4 Å². The highest BCUT2D eigenvalue weighted by molar-refractivity contribution is 5.93. The predicted molar refractivity (Wildman–Crippen MR) is 167 cm³/mol. The van der Waals surface area contributed by atoms with E-state index in [1.54, 1.807) is 63.2 Å². The molecule has 0 unspecified atom stereocenters. The van der Waals surface area contributed by atoms with E-state index in [0.29, 0.717) is 11.1 Å². The molecule has 46 heavy (non-hydrogen) atoms. The lowest BCUT2D eigenvalue weighted by molar-refractivity contribution is -0.485. The molecule has 7 N–H and O–H groups in total. The van der Waals surface area contributed by atoms with Crippen molar-refractivity contribution in [2.24, 2.45) is 10.8 Å². The number of alkyl carbamates (subject to hydrolysis) is 1. The van der Waals surface area contributed by atoms with Crippen LogP contribution in [-0.2, 0) is 36.7 Å². The molecule has 2 aromatic carbocycles. The van der Waals surface area contributed by atoms with Crippen LogP contribution in [0.15, 0.2) is 59.7 Å². The van der Waals surface area contributed by atoms with Crippen molar-refractivity contribution in [2.75, 3.05) is 13.7 Å². The van der Waals surface area contributed by atoms with Crippen LogP contribution in [0.5, 0.6) is 5.75 Å². The number of methoxy groups -OCH3 is 1. The number of amides is 3. The number of benzene rings is 2. The van der Waals surface area contributed by atoms with E-state index in [1.165, 1.54) is 12.1 Å². The van der Waals surface area contributed by atoms with Crippen LogP contribution in [0.25, 0.3) is 0 Å². The number of phenolic OH excluding ortho intramolecular Hbond substituents is 1. The van der Waals surface area contributed by atoms with Crippen LogP contribution in [0.4, 0.5) is 4.79 Å². The molecule has 2 rings (SSSR count). The van der Waals surface area contributed by atoms with Gasteiger partial charge >= 0.3 is 12.1 Å². The van der Waals surface area contributed by atoms with Gasteiger partial charge in [0.15, 0.2) is 5.03 Å². The van der Waals surface area contributed by atoms with Crippen LogP contribution in [-0.4, -0.2) is 77.4 Å². The van der Waals surface area contributed by atoms with Crippen molar-refractivity contribution in [3.8, 4) is 5.75 Å². The molecule has 0 aliphatic rings. The molecule has 0 spiro atoms. The SMILES string of the molecule is COC(=O)[C@H](CCCN/C(N)=N/[N+](=O)[O-])NC(=O)[C@@H](Cc1ccccc1)NC(=O)[C@H](Cc1ccc(O)cc1)NC(=O)OC(C)(C)C. The lowest BCUT2D eigenvalue weighted by Crippen LogP contribution is -2.57. The minimum Gasteiger partial charge on any atom is -0.508 e. The fraction of sp³-hybridized carbons (Fsp3) is 0.433. The molecule has 0 heterocycles. The average molecular weight is 644 g/mol. The van der Waals surface area contributed by atoms with E-state index in [9.17, 15) is 34.4 Å². The highest BCUT2D eigenvalue weighted by Gasteiger charge is 2.31. The topological polar surface area (TPSA) is 237 Å². The Morgan fingerprint density at radius 1 is 0.913 bits per heavy atom. The predicted octanol–water partition coefficient (Wildman–Crippen LogP) is 1.09. The second-order valence-electron chi connectivity index (χ2n) is 11.2. The maximum absolute atomic E-state index is 13.7. The summed E-state index contributed by atoms with van der Waals surface area (Å²) in [6, 6.07) is 11.4. The summed E-state index contributed by atoms with van der Waals surface area (Å²) < 4.78 is 10.2. The van der Waals surface area contributed by atoms with Crippen LogP contribution in [0, 0.1) is 10.1 Å². The van der Waals surface area contributed by atoms with Gasteiger partial charge in [0.25, 0.3) is 5.96 Å². The van der Waals surface area contributed by atoms with E-state index >= 15 is 0 Å². The van der Waals surface area contributed by atoms with Gasteiger partial charge in [-0.05, 0) is 56.9 Å². The van der Waals surface area contributed by atoms with E-state index in [1.807, 2.05) is 0 Å². The van der Waals surface area contributed by atoms with Crippen molar-refractivity contribution in [2.45, 2.75) is 70.2 Å². The standard InChI is InChI=1S/C30H41N7O9/c1-30(2,3)46-29(42)35-24(18-20-12-14-21(38)15-13-20)26(40)34-23(17-19-9-6-5-7-10-19)25(39)33-22(27(41)45-4)11-8-16-32-28(31)36-37(43)44/h5-7,9-10,12-15,22-24,38H,8,11,16-18H2,1-4H3,(H,33,39)(H,34,40)(H,35,42)(H3,31,32,36)/t22-,23+,24-/m0/s1. The van der Waals surface area contributed by atoms with Gasteiger partial charge in [-0.25, -0.2) is 19.7 Å². The molecule has 0 aromatic heterocycles. The van der Waals surface area contributed by atoms with Crippen molar-refractivity contribution in [3.05, 3.63) is 75.8 Å². The normalized spacial score (nSPS) is 13.3. The monoisotopic (exact) mass is 643 g/mol. The first-order valence-corrected chi connectivity index (χ1v) is 14.4. The summed E-state index contributed by atoms with van der Waals surface area (Å²) in [7, 11) is 1.15. The maximum Gasteiger partial charge on any atom is 0.408 e. The molecule has 3 amide bonds. The molecule has 3 atom stereocenters. The smallest absolute Gasteiger partial charge is 0.408 e. The van der Waals surface area contributed by atoms with E-state index in [-0.39, 0.29) is 38.0 Å². The number of hydrogen-bond acceptors (Lipinski definition) is 9. The average Bonchev–Trinajstić information content (AvgIpc) is 2.97. The van der Waals surface area contributed by atoms with Gasteiger partial charge in [-0.3, -0.25) is 9.59 Å². The van der Waals surface area contributed by atoms with Gasteiger partial charge in [0.2, 0.25) is 11.8 Å². The number of nitrogens with one attached hydrogen (secondary N) is 4. The molecule has 16 heteroatoms. The number of hydrazone groups is 1. The number of aromatic hydroxyl groups is 1. The summed E-state index contributed by atoms with van der Waals surface area (Å²) in [5.74, 6) is -2.54. The molecule has 0 saturated heterocycles. The van der Waals surface area contributed by atoms with Crippen molar-refractivity contribution in [1.82, 2.24) is 21.3 Å². The Balaban J connectivity index is 2.27. The van der Waals surface area contributed by atoms with Crippen molar-refractivity contribution < 1.29 is 38.8 Å². The van der Waals surface area contributed by atoms with E-state index in [4.69, 9.17) is 15.2 Å². The zero-order valence-corrected chi connectivity index (χ0v) is 26.1. The molecule has 0 bridgehead atoms. The number of phenols is 1. The van der Waals surface area contributed by atoms with Crippen molar-refractivity contribution in [3.63, 3.8) is 0 Å². The van der Waals surface area contributed by atoms with Crippen LogP contribution < -0.4 is 27.0 Å². The molecular formula is C30H41N7O9. The third kappa shape index (κ3) is 13.9. The van der Waals surface area contributed by atoms with E-state index < -0.39 is 58.6 Å². The zero-order valence-electron chi connectivity index (χ0n) is 26.1. The quantitative estimate of drug-likeness (QED) is 0.0401. The van der Waals surface area contributed by atoms with Crippen LogP contribution in [0.1, 0.15) is 44.7 Å². The first-order valence-electron chi connectivity index (χ1n) is 14.4. The second-order valence-corrected chi connectivity index (χ2v) is 11.2. The van der Waals surface area contributed by atoms with E-state index in [0.717, 1.165) is 7.11 Å². The lowest BCUT2D eigenvalue weighted by atomic mass is 10.0. The summed E-state index contributed by atoms with van der Waals surface area (Å²) in [4.78, 5) is 62.9. The zero-order chi connectivity index (χ0) is 34.3. The van der Waals surface area contributed by atoms with Gasteiger partial charge in [0.05, 0.1) is 7.11 Å². The maximum atomic E-state index is 13.7. The number of rotatable bonds is 15. The Kier molecular flexibility index (Phi) is 14.2. The van der Waals surface area contributed by atoms with Gasteiger partial charge in [-0.15, -0.1) is 0 Å². The van der Waals surface area contributed by atoms with Gasteiger partial charge in [0.1, 0.15) is 34.6 Å². The molecular weight excluding hydrogens is 602 g/mol. The summed E-state index contributed by atoms with van der Waals surface area (Å²) >= 11 is 0. The molecule has 0 fully saturated rings. The van der Waals surface area contributed by atoms with Gasteiger partial charge < -0.3 is 41.6 Å². The second kappa shape index (κ2) is 17.8. The van der Waals surface area contributed by atoms with Crippen LogP contribution in [0.2, 0.25) is 0 Å².